The van der Waals surface area contributed by atoms with E-state index in [-0.39, 0.29) is 30.9 Å². The first kappa shape index (κ1) is 18.8. The summed E-state index contributed by atoms with van der Waals surface area (Å²) in [4.78, 5) is 12.0. The molecule has 1 atom stereocenters. The van der Waals surface area contributed by atoms with Crippen LogP contribution in [0.5, 0.6) is 0 Å². The standard InChI is InChI=1S/C16H24FN3O3S/c1-3-13(2)18-16(21)12-20-10-4-9-19(24(20,22)23)11-14-5-7-15(17)8-6-14/h5-8,13H,3-4,9-12H2,1-2H3,(H,18,21). The van der Waals surface area contributed by atoms with Gasteiger partial charge < -0.3 is 5.32 Å². The van der Waals surface area contributed by atoms with Gasteiger partial charge in [-0.1, -0.05) is 19.1 Å². The van der Waals surface area contributed by atoms with Crippen LogP contribution in [-0.2, 0) is 21.5 Å². The molecule has 1 saturated heterocycles. The van der Waals surface area contributed by atoms with Crippen LogP contribution in [0.25, 0.3) is 0 Å². The normalized spacial score (nSPS) is 19.8. The van der Waals surface area contributed by atoms with Crippen LogP contribution in [0.2, 0.25) is 0 Å². The molecule has 0 spiro atoms. The van der Waals surface area contributed by atoms with Crippen LogP contribution in [0.15, 0.2) is 24.3 Å². The molecule has 1 aliphatic heterocycles. The average molecular weight is 357 g/mol. The molecular formula is C16H24FN3O3S. The summed E-state index contributed by atoms with van der Waals surface area (Å²) in [5.41, 5.74) is 0.714. The molecule has 1 N–H and O–H groups in total. The minimum Gasteiger partial charge on any atom is -0.353 e. The number of rotatable bonds is 6. The molecule has 0 bridgehead atoms. The summed E-state index contributed by atoms with van der Waals surface area (Å²) >= 11 is 0. The number of halogens is 1. The molecule has 0 aromatic heterocycles. The maximum Gasteiger partial charge on any atom is 0.282 e. The first-order valence-electron chi connectivity index (χ1n) is 8.12. The summed E-state index contributed by atoms with van der Waals surface area (Å²) in [6, 6.07) is 5.77. The highest BCUT2D eigenvalue weighted by Crippen LogP contribution is 2.19. The predicted molar refractivity (Wildman–Crippen MR) is 89.8 cm³/mol. The number of hydrogen-bond acceptors (Lipinski definition) is 3. The fourth-order valence-corrected chi connectivity index (χ4v) is 4.15. The van der Waals surface area contributed by atoms with Gasteiger partial charge in [0.1, 0.15) is 5.82 Å². The lowest BCUT2D eigenvalue weighted by Crippen LogP contribution is -2.52. The third-order valence-corrected chi connectivity index (χ3v) is 6.01. The molecule has 6 nitrogen and oxygen atoms in total. The van der Waals surface area contributed by atoms with Crippen LogP contribution < -0.4 is 5.32 Å². The minimum absolute atomic E-state index is 0.0142. The van der Waals surface area contributed by atoms with E-state index >= 15 is 0 Å². The maximum atomic E-state index is 13.0. The van der Waals surface area contributed by atoms with Gasteiger partial charge >= 0.3 is 0 Å². The minimum atomic E-state index is -3.70. The lowest BCUT2D eigenvalue weighted by atomic mass is 10.2. The van der Waals surface area contributed by atoms with Gasteiger partial charge in [0.25, 0.3) is 10.2 Å². The van der Waals surface area contributed by atoms with Gasteiger partial charge in [-0.15, -0.1) is 0 Å². The molecule has 0 aliphatic carbocycles. The Morgan fingerprint density at radius 3 is 2.50 bits per heavy atom. The van der Waals surface area contributed by atoms with E-state index in [1.807, 2.05) is 13.8 Å². The number of benzene rings is 1. The van der Waals surface area contributed by atoms with Crippen molar-refractivity contribution >= 4 is 16.1 Å². The molecule has 1 aromatic rings. The van der Waals surface area contributed by atoms with Crippen molar-refractivity contribution in [1.29, 1.82) is 0 Å². The van der Waals surface area contributed by atoms with E-state index in [0.29, 0.717) is 25.1 Å². The van der Waals surface area contributed by atoms with Crippen molar-refractivity contribution in [2.45, 2.75) is 39.3 Å². The molecule has 134 valence electrons. The Bertz CT molecular complexity index is 664. The molecule has 1 heterocycles. The van der Waals surface area contributed by atoms with E-state index in [9.17, 15) is 17.6 Å². The predicted octanol–water partition coefficient (Wildman–Crippen LogP) is 1.49. The molecule has 8 heteroatoms. The number of nitrogens with one attached hydrogen (secondary N) is 1. The molecule has 1 unspecified atom stereocenters. The Balaban J connectivity index is 2.04. The lowest BCUT2D eigenvalue weighted by molar-refractivity contribution is -0.122. The Kier molecular flexibility index (Phi) is 6.31. The number of amides is 1. The van der Waals surface area contributed by atoms with E-state index in [0.717, 1.165) is 6.42 Å². The number of carbonyl (C=O) groups is 1. The highest BCUT2D eigenvalue weighted by Gasteiger charge is 2.34. The van der Waals surface area contributed by atoms with Crippen LogP contribution in [0.3, 0.4) is 0 Å². The Hall–Kier alpha value is -1.51. The topological polar surface area (TPSA) is 69.7 Å². The van der Waals surface area contributed by atoms with Crippen LogP contribution in [0.1, 0.15) is 32.3 Å². The van der Waals surface area contributed by atoms with Crippen molar-refractivity contribution in [2.24, 2.45) is 0 Å². The quantitative estimate of drug-likeness (QED) is 0.839. The monoisotopic (exact) mass is 357 g/mol. The van der Waals surface area contributed by atoms with Crippen molar-refractivity contribution in [3.63, 3.8) is 0 Å². The highest BCUT2D eigenvalue weighted by molar-refractivity contribution is 7.86. The van der Waals surface area contributed by atoms with Crippen molar-refractivity contribution < 1.29 is 17.6 Å². The molecule has 1 aliphatic rings. The van der Waals surface area contributed by atoms with Crippen LogP contribution >= 0.6 is 0 Å². The third-order valence-electron chi connectivity index (χ3n) is 4.08. The first-order valence-corrected chi connectivity index (χ1v) is 9.51. The molecule has 1 amide bonds. The van der Waals surface area contributed by atoms with Gasteiger partial charge in [-0.05, 0) is 37.5 Å². The molecular weight excluding hydrogens is 333 g/mol. The first-order chi connectivity index (χ1) is 11.3. The van der Waals surface area contributed by atoms with Crippen molar-refractivity contribution in [2.75, 3.05) is 19.6 Å². The zero-order valence-electron chi connectivity index (χ0n) is 14.0. The number of hydrogen-bond donors (Lipinski definition) is 1. The molecule has 1 aromatic carbocycles. The molecule has 0 radical (unpaired) electrons. The second-order valence-electron chi connectivity index (χ2n) is 6.03. The van der Waals surface area contributed by atoms with Crippen molar-refractivity contribution in [3.8, 4) is 0 Å². The second-order valence-corrected chi connectivity index (χ2v) is 7.96. The summed E-state index contributed by atoms with van der Waals surface area (Å²) in [6.45, 7) is 4.55. The van der Waals surface area contributed by atoms with Gasteiger partial charge in [-0.25, -0.2) is 4.39 Å². The molecule has 1 fully saturated rings. The van der Waals surface area contributed by atoms with Crippen molar-refractivity contribution in [3.05, 3.63) is 35.6 Å². The average Bonchev–Trinajstić information content (AvgIpc) is 2.53. The largest absolute Gasteiger partial charge is 0.353 e. The summed E-state index contributed by atoms with van der Waals surface area (Å²) in [6.07, 6.45) is 1.44. The summed E-state index contributed by atoms with van der Waals surface area (Å²) in [7, 11) is -3.70. The zero-order valence-corrected chi connectivity index (χ0v) is 14.9. The number of nitrogens with zero attached hydrogens (tertiary/aromatic N) is 2. The van der Waals surface area contributed by atoms with Gasteiger partial charge in [0.2, 0.25) is 5.91 Å². The van der Waals surface area contributed by atoms with Gasteiger partial charge in [-0.2, -0.15) is 17.0 Å². The van der Waals surface area contributed by atoms with Crippen LogP contribution in [0.4, 0.5) is 4.39 Å². The van der Waals surface area contributed by atoms with Crippen LogP contribution in [-0.4, -0.2) is 48.6 Å². The third kappa shape index (κ3) is 4.75. The van der Waals surface area contributed by atoms with Gasteiger partial charge in [0, 0.05) is 25.7 Å². The van der Waals surface area contributed by atoms with Crippen molar-refractivity contribution in [1.82, 2.24) is 13.9 Å². The Morgan fingerprint density at radius 2 is 1.88 bits per heavy atom. The fourth-order valence-electron chi connectivity index (χ4n) is 2.51. The smallest absolute Gasteiger partial charge is 0.282 e. The van der Waals surface area contributed by atoms with E-state index in [1.165, 1.54) is 20.7 Å². The maximum absolute atomic E-state index is 13.0. The molecule has 2 rings (SSSR count). The highest BCUT2D eigenvalue weighted by atomic mass is 32.2. The van der Waals surface area contributed by atoms with E-state index in [4.69, 9.17) is 0 Å². The second kappa shape index (κ2) is 8.04. The Labute approximate surface area is 142 Å². The van der Waals surface area contributed by atoms with E-state index < -0.39 is 10.2 Å². The Morgan fingerprint density at radius 1 is 1.25 bits per heavy atom. The van der Waals surface area contributed by atoms with Gasteiger partial charge in [-0.3, -0.25) is 4.79 Å². The van der Waals surface area contributed by atoms with Gasteiger partial charge in [0.05, 0.1) is 6.54 Å². The zero-order chi connectivity index (χ0) is 17.7. The van der Waals surface area contributed by atoms with Gasteiger partial charge in [0.15, 0.2) is 0 Å². The molecule has 0 saturated carbocycles. The van der Waals surface area contributed by atoms with E-state index in [1.54, 1.807) is 12.1 Å². The number of carbonyl (C=O) groups excluding carboxylic acids is 1. The summed E-state index contributed by atoms with van der Waals surface area (Å²) in [5, 5.41) is 2.78. The van der Waals surface area contributed by atoms with E-state index in [2.05, 4.69) is 5.32 Å². The fraction of sp³-hybridized carbons (Fsp3) is 0.562. The SMILES string of the molecule is CCC(C)NC(=O)CN1CCCN(Cc2ccc(F)cc2)S1(=O)=O. The lowest BCUT2D eigenvalue weighted by Gasteiger charge is -2.34. The summed E-state index contributed by atoms with van der Waals surface area (Å²) < 4.78 is 40.9. The molecule has 24 heavy (non-hydrogen) atoms. The van der Waals surface area contributed by atoms with Crippen LogP contribution in [0, 0.1) is 5.82 Å². The summed E-state index contributed by atoms with van der Waals surface area (Å²) in [5.74, 6) is -0.653.